The molecule has 2 saturated heterocycles. The van der Waals surface area contributed by atoms with E-state index in [1.165, 1.54) is 21.1 Å². The highest BCUT2D eigenvalue weighted by molar-refractivity contribution is 5.95. The van der Waals surface area contributed by atoms with E-state index < -0.39 is 75.9 Å². The standard InChI is InChI=1S/C58H74N6O12/c1-10-33(4)46(49(68)69)60-48(67)42-19-15-23-63(42)45(66)32-64-29-35(11-2)25-36(30-64)28-57(53(70)74-8,47-38(31-64)37-17-13-14-18-41(37)59-47)40-26-39-43(27-44(40)73-7)61(6)51-56(39)21-24-62-22-16-20-55(12-3,50(56)62)52(76-34(5)65)58(51,72)54(71)75-9/h13-14,16-18,20,25-27,33,36,42,46,50-52,59,72H,10-12,15,19,21-24,28-32H2,1-9H3,(H-,60,67,68,69)/p+1/t33-,36+,42-,46-,50-,51+,52+,55+,56+,57-,58-,64?/m0/s1. The van der Waals surface area contributed by atoms with Crippen molar-refractivity contribution in [2.24, 2.45) is 17.3 Å². The molecule has 12 atom stereocenters. The summed E-state index contributed by atoms with van der Waals surface area (Å²) in [4.78, 5) is 94.6. The number of carboxylic acid groups (broad SMARTS) is 1. The zero-order valence-electron chi connectivity index (χ0n) is 45.4. The van der Waals surface area contributed by atoms with Crippen LogP contribution >= 0.6 is 0 Å². The van der Waals surface area contributed by atoms with E-state index in [1.807, 2.05) is 68.3 Å². The fourth-order valence-corrected chi connectivity index (χ4v) is 16.1. The van der Waals surface area contributed by atoms with Gasteiger partial charge in [-0.25, -0.2) is 9.59 Å². The van der Waals surface area contributed by atoms with Gasteiger partial charge in [0.15, 0.2) is 12.6 Å². The number of carboxylic acids is 1. The SMILES string of the molecule is CCC1=C[C@@H]2C[C@](C(=O)OC)(c3cc4c(cc3OC)N(C)[C@H]3[C@@](O)(C(=O)OC)[C@H](OC(C)=O)[C@]5(CC)C=CCN6CC[C@]43[C@@H]65)c3[nH]c4ccccc4c3C[N+](CC(=O)N3CCC[C@H]3C(=O)N[C@H](C(=O)O)[C@@H](C)CC)(C1)C2. The number of fused-ring (bicyclic) bond motifs is 6. The van der Waals surface area contributed by atoms with Crippen molar-refractivity contribution in [2.45, 2.75) is 133 Å². The lowest BCUT2D eigenvalue weighted by Gasteiger charge is -2.63. The van der Waals surface area contributed by atoms with E-state index in [-0.39, 0.29) is 36.8 Å². The number of ether oxygens (including phenoxy) is 4. The van der Waals surface area contributed by atoms with E-state index in [2.05, 4.69) is 34.3 Å². The van der Waals surface area contributed by atoms with Crippen LogP contribution in [0.25, 0.3) is 10.9 Å². The first-order valence-corrected chi connectivity index (χ1v) is 27.2. The van der Waals surface area contributed by atoms with Crippen molar-refractivity contribution in [3.8, 4) is 5.75 Å². The van der Waals surface area contributed by atoms with Crippen molar-refractivity contribution in [3.05, 3.63) is 82.6 Å². The minimum Gasteiger partial charge on any atom is -0.496 e. The Bertz CT molecular complexity index is 2950. The number of H-pyrrole nitrogens is 1. The Labute approximate surface area is 444 Å². The number of nitrogens with one attached hydrogen (secondary N) is 2. The predicted molar refractivity (Wildman–Crippen MR) is 281 cm³/mol. The van der Waals surface area contributed by atoms with Crippen molar-refractivity contribution in [1.29, 1.82) is 0 Å². The van der Waals surface area contributed by atoms with Crippen LogP contribution in [-0.2, 0) is 60.4 Å². The minimum absolute atomic E-state index is 0.0663. The molecule has 1 aromatic heterocycles. The van der Waals surface area contributed by atoms with Gasteiger partial charge in [-0.3, -0.25) is 24.1 Å². The Balaban J connectivity index is 1.16. The lowest BCUT2D eigenvalue weighted by molar-refractivity contribution is -0.934. The third-order valence-electron chi connectivity index (χ3n) is 19.2. The molecule has 0 radical (unpaired) electrons. The summed E-state index contributed by atoms with van der Waals surface area (Å²) >= 11 is 0. The summed E-state index contributed by atoms with van der Waals surface area (Å²) in [5.74, 6) is -4.05. The number of aromatic amines is 1. The fourth-order valence-electron chi connectivity index (χ4n) is 16.1. The lowest BCUT2D eigenvalue weighted by atomic mass is 9.47. The molecule has 18 nitrogen and oxygen atoms in total. The van der Waals surface area contributed by atoms with Gasteiger partial charge >= 0.3 is 23.9 Å². The number of hydrogen-bond acceptors (Lipinski definition) is 13. The fraction of sp³-hybridized carbons (Fsp3) is 0.586. The average Bonchev–Trinajstić information content (AvgIpc) is 3.54. The average molecular weight is 1050 g/mol. The highest BCUT2D eigenvalue weighted by Crippen LogP contribution is 2.68. The first kappa shape index (κ1) is 53.2. The second-order valence-electron chi connectivity index (χ2n) is 23.0. The van der Waals surface area contributed by atoms with Gasteiger partial charge in [-0.05, 0) is 74.3 Å². The number of rotatable bonds is 14. The van der Waals surface area contributed by atoms with Crippen LogP contribution in [0.5, 0.6) is 5.75 Å². The molecule has 2 aromatic carbocycles. The number of likely N-dealkylation sites (tertiary alicyclic amines) is 1. The van der Waals surface area contributed by atoms with Crippen molar-refractivity contribution >= 4 is 52.3 Å². The summed E-state index contributed by atoms with van der Waals surface area (Å²) in [6.45, 7) is 12.1. The van der Waals surface area contributed by atoms with Crippen molar-refractivity contribution in [1.82, 2.24) is 20.1 Å². The number of amides is 2. The summed E-state index contributed by atoms with van der Waals surface area (Å²) in [5, 5.41) is 27.2. The predicted octanol–water partition coefficient (Wildman–Crippen LogP) is 4.87. The normalized spacial score (nSPS) is 32.9. The van der Waals surface area contributed by atoms with Gasteiger partial charge < -0.3 is 53.7 Å². The van der Waals surface area contributed by atoms with Gasteiger partial charge in [0, 0.05) is 89.3 Å². The van der Waals surface area contributed by atoms with Crippen LogP contribution in [0.1, 0.15) is 102 Å². The van der Waals surface area contributed by atoms with E-state index in [0.29, 0.717) is 105 Å². The maximum absolute atomic E-state index is 15.8. The number of nitrogens with zero attached hydrogens (tertiary/aromatic N) is 4. The number of esters is 3. The van der Waals surface area contributed by atoms with E-state index in [1.54, 1.807) is 18.9 Å². The molecule has 2 bridgehead atoms. The molecule has 1 unspecified atom stereocenters. The van der Waals surface area contributed by atoms with Gasteiger partial charge in [-0.2, -0.15) is 0 Å². The Morgan fingerprint density at radius 3 is 2.39 bits per heavy atom. The zero-order valence-corrected chi connectivity index (χ0v) is 45.4. The smallest absolute Gasteiger partial charge is 0.344 e. The Hall–Kier alpha value is -6.24. The number of aliphatic hydroxyl groups is 1. The number of benzene rings is 2. The maximum Gasteiger partial charge on any atom is 0.344 e. The number of para-hydroxylation sites is 1. The molecule has 3 fully saturated rings. The van der Waals surface area contributed by atoms with Crippen LogP contribution in [0.15, 0.2) is 60.2 Å². The first-order valence-electron chi connectivity index (χ1n) is 27.2. The molecule has 1 aliphatic carbocycles. The van der Waals surface area contributed by atoms with Crippen LogP contribution in [0.4, 0.5) is 5.69 Å². The largest absolute Gasteiger partial charge is 0.496 e. The molecule has 1 spiro atoms. The molecule has 10 rings (SSSR count). The van der Waals surface area contributed by atoms with Crippen molar-refractivity contribution in [2.75, 3.05) is 72.5 Å². The van der Waals surface area contributed by atoms with Gasteiger partial charge in [0.2, 0.25) is 11.5 Å². The summed E-state index contributed by atoms with van der Waals surface area (Å²) in [6, 6.07) is 8.62. The maximum atomic E-state index is 15.8. The van der Waals surface area contributed by atoms with E-state index in [9.17, 15) is 29.4 Å². The third kappa shape index (κ3) is 7.57. The van der Waals surface area contributed by atoms with Gasteiger partial charge in [-0.15, -0.1) is 0 Å². The monoisotopic (exact) mass is 1050 g/mol. The number of aromatic nitrogens is 1. The van der Waals surface area contributed by atoms with E-state index in [4.69, 9.17) is 18.9 Å². The number of likely N-dealkylation sites (N-methyl/N-ethyl adjacent to an activating group) is 1. The van der Waals surface area contributed by atoms with Gasteiger partial charge in [0.25, 0.3) is 5.91 Å². The highest BCUT2D eigenvalue weighted by Gasteiger charge is 2.80. The molecular formula is C58H75N6O12+. The quantitative estimate of drug-likeness (QED) is 0.0734. The van der Waals surface area contributed by atoms with Gasteiger partial charge in [0.1, 0.15) is 36.3 Å². The van der Waals surface area contributed by atoms with Gasteiger partial charge in [0.05, 0.1) is 33.9 Å². The molecule has 76 heavy (non-hydrogen) atoms. The minimum atomic E-state index is -2.37. The van der Waals surface area contributed by atoms with Crippen LogP contribution < -0.4 is 15.0 Å². The molecule has 1 saturated carbocycles. The Morgan fingerprint density at radius 2 is 1.72 bits per heavy atom. The number of carbonyl (C=O) groups excluding carboxylic acids is 5. The van der Waals surface area contributed by atoms with Crippen LogP contribution in [0.2, 0.25) is 0 Å². The summed E-state index contributed by atoms with van der Waals surface area (Å²) < 4.78 is 24.5. The molecule has 3 aromatic rings. The summed E-state index contributed by atoms with van der Waals surface area (Å²) in [6.07, 6.45) is 8.40. The topological polar surface area (TPSA) is 217 Å². The molecule has 7 heterocycles. The van der Waals surface area contributed by atoms with E-state index >= 15 is 9.59 Å². The summed E-state index contributed by atoms with van der Waals surface area (Å²) in [7, 11) is 6.04. The second-order valence-corrected chi connectivity index (χ2v) is 23.0. The highest BCUT2D eigenvalue weighted by atomic mass is 16.6. The lowest BCUT2D eigenvalue weighted by Crippen LogP contribution is -2.81. The van der Waals surface area contributed by atoms with E-state index in [0.717, 1.165) is 27.6 Å². The molecule has 408 valence electrons. The van der Waals surface area contributed by atoms with Crippen LogP contribution in [0, 0.1) is 17.3 Å². The molecule has 7 aliphatic rings. The number of anilines is 1. The van der Waals surface area contributed by atoms with Crippen molar-refractivity contribution < 1.29 is 62.4 Å². The molecule has 18 heteroatoms. The molecule has 6 aliphatic heterocycles. The number of hydrogen-bond donors (Lipinski definition) is 4. The number of carbonyl (C=O) groups is 6. The number of quaternary nitrogens is 1. The Kier molecular flexibility index (Phi) is 13.5. The van der Waals surface area contributed by atoms with Crippen LogP contribution in [0.3, 0.4) is 0 Å². The first-order chi connectivity index (χ1) is 36.3. The number of aliphatic carboxylic acids is 1. The molecule has 4 N–H and O–H groups in total. The Morgan fingerprint density at radius 1 is 0.974 bits per heavy atom. The zero-order chi connectivity index (χ0) is 54.4. The van der Waals surface area contributed by atoms with Crippen LogP contribution in [-0.4, -0.2) is 169 Å². The second kappa shape index (κ2) is 19.3. The third-order valence-corrected chi connectivity index (χ3v) is 19.2. The number of methoxy groups -OCH3 is 3. The molecular weight excluding hydrogens is 973 g/mol. The summed E-state index contributed by atoms with van der Waals surface area (Å²) in [5.41, 5.74) is -0.572. The van der Waals surface area contributed by atoms with Gasteiger partial charge in [-0.1, -0.05) is 70.5 Å². The molecule has 2 amide bonds. The van der Waals surface area contributed by atoms with Crippen molar-refractivity contribution in [3.63, 3.8) is 0 Å².